The van der Waals surface area contributed by atoms with E-state index in [0.717, 1.165) is 0 Å². The van der Waals surface area contributed by atoms with Gasteiger partial charge in [-0.15, -0.1) is 0 Å². The molecule has 9 heteroatoms. The second kappa shape index (κ2) is 8.95. The topological polar surface area (TPSA) is 51.2 Å². The van der Waals surface area contributed by atoms with Crippen molar-refractivity contribution < 1.29 is 18.0 Å². The molecule has 134 valence electrons. The zero-order valence-electron chi connectivity index (χ0n) is 14.0. The molecule has 23 heavy (non-hydrogen) atoms. The van der Waals surface area contributed by atoms with E-state index in [4.69, 9.17) is 0 Å². The second-order valence-electron chi connectivity index (χ2n) is 5.58. The Morgan fingerprint density at radius 3 is 2.26 bits per heavy atom. The lowest BCUT2D eigenvalue weighted by Crippen LogP contribution is -2.53. The van der Waals surface area contributed by atoms with Gasteiger partial charge in [0.05, 0.1) is 13.1 Å². The molecule has 0 aromatic rings. The Labute approximate surface area is 135 Å². The summed E-state index contributed by atoms with van der Waals surface area (Å²) >= 11 is 0. The predicted molar refractivity (Wildman–Crippen MR) is 83.4 cm³/mol. The van der Waals surface area contributed by atoms with Crippen LogP contribution < -0.4 is 5.32 Å². The molecule has 1 amide bonds. The van der Waals surface area contributed by atoms with Crippen molar-refractivity contribution >= 4 is 11.9 Å². The van der Waals surface area contributed by atoms with Gasteiger partial charge in [-0.2, -0.15) is 13.2 Å². The van der Waals surface area contributed by atoms with Crippen molar-refractivity contribution in [2.24, 2.45) is 4.99 Å². The Hall–Kier alpha value is -1.51. The number of amides is 1. The van der Waals surface area contributed by atoms with Crippen LogP contribution in [0.2, 0.25) is 0 Å². The number of piperazine rings is 1. The van der Waals surface area contributed by atoms with Crippen LogP contribution in [-0.2, 0) is 4.79 Å². The Morgan fingerprint density at radius 2 is 1.78 bits per heavy atom. The number of guanidine groups is 1. The van der Waals surface area contributed by atoms with Crippen LogP contribution in [0.1, 0.15) is 13.8 Å². The summed E-state index contributed by atoms with van der Waals surface area (Å²) in [6, 6.07) is 0. The first kappa shape index (κ1) is 19.5. The zero-order chi connectivity index (χ0) is 17.5. The van der Waals surface area contributed by atoms with E-state index in [-0.39, 0.29) is 12.5 Å². The fourth-order valence-corrected chi connectivity index (χ4v) is 2.37. The van der Waals surface area contributed by atoms with Crippen LogP contribution in [0.3, 0.4) is 0 Å². The number of carbonyl (C=O) groups is 1. The number of nitrogens with one attached hydrogen (secondary N) is 1. The van der Waals surface area contributed by atoms with Crippen LogP contribution in [0.4, 0.5) is 13.2 Å². The first-order valence-corrected chi connectivity index (χ1v) is 7.77. The Morgan fingerprint density at radius 1 is 1.22 bits per heavy atom. The highest BCUT2D eigenvalue weighted by atomic mass is 19.4. The third-order valence-corrected chi connectivity index (χ3v) is 3.55. The molecule has 6 nitrogen and oxygen atoms in total. The number of aliphatic imine (C=N–C) groups is 1. The molecule has 0 saturated carbocycles. The summed E-state index contributed by atoms with van der Waals surface area (Å²) in [5, 5.41) is 3.15. The van der Waals surface area contributed by atoms with Crippen molar-refractivity contribution in [1.82, 2.24) is 20.0 Å². The van der Waals surface area contributed by atoms with Gasteiger partial charge in [0.2, 0.25) is 5.91 Å². The minimum absolute atomic E-state index is 0.0559. The summed E-state index contributed by atoms with van der Waals surface area (Å²) in [7, 11) is 1.43. The highest BCUT2D eigenvalue weighted by molar-refractivity contribution is 5.80. The third-order valence-electron chi connectivity index (χ3n) is 3.55. The molecule has 1 aliphatic heterocycles. The number of halogens is 3. The van der Waals surface area contributed by atoms with Gasteiger partial charge in [-0.3, -0.25) is 14.7 Å². The van der Waals surface area contributed by atoms with Gasteiger partial charge in [-0.05, 0) is 14.0 Å². The zero-order valence-corrected chi connectivity index (χ0v) is 14.0. The average molecular weight is 337 g/mol. The quantitative estimate of drug-likeness (QED) is 0.590. The molecular formula is C14H26F3N5O. The molecule has 0 aliphatic carbocycles. The van der Waals surface area contributed by atoms with Gasteiger partial charge < -0.3 is 15.1 Å². The molecule has 0 aromatic heterocycles. The lowest BCUT2D eigenvalue weighted by atomic mass is 10.3. The fraction of sp³-hybridized carbons (Fsp3) is 0.857. The highest BCUT2D eigenvalue weighted by Gasteiger charge is 2.28. The first-order chi connectivity index (χ1) is 10.7. The smallest absolute Gasteiger partial charge is 0.357 e. The molecule has 1 N–H and O–H groups in total. The number of alkyl halides is 3. The number of hydrogen-bond acceptors (Lipinski definition) is 3. The van der Waals surface area contributed by atoms with Gasteiger partial charge in [-0.25, -0.2) is 0 Å². The minimum Gasteiger partial charge on any atom is -0.357 e. The van der Waals surface area contributed by atoms with Gasteiger partial charge in [-0.1, -0.05) is 0 Å². The van der Waals surface area contributed by atoms with Crippen LogP contribution >= 0.6 is 0 Å². The van der Waals surface area contributed by atoms with Crippen LogP contribution in [0.25, 0.3) is 0 Å². The van der Waals surface area contributed by atoms with E-state index in [9.17, 15) is 18.0 Å². The molecule has 1 heterocycles. The number of carbonyl (C=O) groups excluding carboxylic acids is 1. The lowest BCUT2D eigenvalue weighted by Gasteiger charge is -2.36. The van der Waals surface area contributed by atoms with E-state index in [0.29, 0.717) is 45.2 Å². The van der Waals surface area contributed by atoms with E-state index >= 15 is 0 Å². The maximum atomic E-state index is 12.3. The molecule has 1 aliphatic rings. The SMILES string of the molecule is CCNC(=NCCN(C)CC(F)(F)F)N1CCN(C(C)=O)CC1. The molecule has 1 fully saturated rings. The molecule has 1 saturated heterocycles. The summed E-state index contributed by atoms with van der Waals surface area (Å²) in [4.78, 5) is 20.7. The van der Waals surface area contributed by atoms with Gasteiger partial charge in [0.1, 0.15) is 0 Å². The maximum absolute atomic E-state index is 12.3. The van der Waals surface area contributed by atoms with E-state index in [1.807, 2.05) is 11.8 Å². The summed E-state index contributed by atoms with van der Waals surface area (Å²) in [5.74, 6) is 0.747. The summed E-state index contributed by atoms with van der Waals surface area (Å²) in [6.45, 7) is 6.38. The molecule has 0 atom stereocenters. The molecule has 0 unspecified atom stereocenters. The fourth-order valence-electron chi connectivity index (χ4n) is 2.37. The molecule has 0 bridgehead atoms. The van der Waals surface area contributed by atoms with E-state index in [2.05, 4.69) is 10.3 Å². The monoisotopic (exact) mass is 337 g/mol. The van der Waals surface area contributed by atoms with E-state index < -0.39 is 12.7 Å². The molecule has 0 aromatic carbocycles. The van der Waals surface area contributed by atoms with Crippen molar-refractivity contribution in [3.63, 3.8) is 0 Å². The minimum atomic E-state index is -4.19. The molecule has 1 rings (SSSR count). The summed E-state index contributed by atoms with van der Waals surface area (Å²) < 4.78 is 36.8. The normalized spacial score (nSPS) is 16.9. The standard InChI is InChI=1S/C14H26F3N5O/c1-4-18-13(19-5-6-20(3)11-14(15,16)17)22-9-7-21(8-10-22)12(2)23/h4-11H2,1-3H3,(H,18,19). The van der Waals surface area contributed by atoms with Crippen molar-refractivity contribution in [3.8, 4) is 0 Å². The van der Waals surface area contributed by atoms with Crippen LogP contribution in [0.5, 0.6) is 0 Å². The summed E-state index contributed by atoms with van der Waals surface area (Å²) in [5.41, 5.74) is 0. The number of nitrogens with zero attached hydrogens (tertiary/aromatic N) is 4. The van der Waals surface area contributed by atoms with Crippen LogP contribution in [0, 0.1) is 0 Å². The van der Waals surface area contributed by atoms with Crippen molar-refractivity contribution in [1.29, 1.82) is 0 Å². The molecular weight excluding hydrogens is 311 g/mol. The van der Waals surface area contributed by atoms with E-state index in [1.54, 1.807) is 11.8 Å². The largest absolute Gasteiger partial charge is 0.401 e. The number of hydrogen-bond donors (Lipinski definition) is 1. The van der Waals surface area contributed by atoms with Crippen molar-refractivity contribution in [3.05, 3.63) is 0 Å². The van der Waals surface area contributed by atoms with Gasteiger partial charge in [0.15, 0.2) is 5.96 Å². The average Bonchev–Trinajstić information content (AvgIpc) is 2.44. The number of rotatable bonds is 5. The Balaban J connectivity index is 2.49. The van der Waals surface area contributed by atoms with Gasteiger partial charge >= 0.3 is 6.18 Å². The predicted octanol–water partition coefficient (Wildman–Crippen LogP) is 0.610. The maximum Gasteiger partial charge on any atom is 0.401 e. The molecule has 0 radical (unpaired) electrons. The summed E-state index contributed by atoms with van der Waals surface area (Å²) in [6.07, 6.45) is -4.19. The Kier molecular flexibility index (Phi) is 7.60. The molecule has 0 spiro atoms. The van der Waals surface area contributed by atoms with Gasteiger partial charge in [0.25, 0.3) is 0 Å². The second-order valence-corrected chi connectivity index (χ2v) is 5.58. The van der Waals surface area contributed by atoms with Crippen LogP contribution in [0.15, 0.2) is 4.99 Å². The number of likely N-dealkylation sites (N-methyl/N-ethyl adjacent to an activating group) is 1. The van der Waals surface area contributed by atoms with Crippen LogP contribution in [-0.4, -0.2) is 92.1 Å². The Bertz CT molecular complexity index is 406. The van der Waals surface area contributed by atoms with Crippen molar-refractivity contribution in [2.75, 3.05) is 59.4 Å². The van der Waals surface area contributed by atoms with Gasteiger partial charge in [0, 0.05) is 46.2 Å². The lowest BCUT2D eigenvalue weighted by molar-refractivity contribution is -0.142. The third kappa shape index (κ3) is 7.54. The first-order valence-electron chi connectivity index (χ1n) is 7.77. The van der Waals surface area contributed by atoms with E-state index in [1.165, 1.54) is 11.9 Å². The van der Waals surface area contributed by atoms with Crippen molar-refractivity contribution in [2.45, 2.75) is 20.0 Å². The highest BCUT2D eigenvalue weighted by Crippen LogP contribution is 2.15.